The highest BCUT2D eigenvalue weighted by Crippen LogP contribution is 2.40. The van der Waals surface area contributed by atoms with Crippen molar-refractivity contribution in [2.45, 2.75) is 18.8 Å². The Kier molecular flexibility index (Phi) is 7.00. The largest absolute Gasteiger partial charge is 0.456 e. The van der Waals surface area contributed by atoms with Crippen molar-refractivity contribution in [3.05, 3.63) is 199 Å². The Morgan fingerprint density at radius 2 is 1.17 bits per heavy atom. The fourth-order valence-electron chi connectivity index (χ4n) is 8.02. The Morgan fingerprint density at radius 1 is 0.538 bits per heavy atom. The van der Waals surface area contributed by atoms with E-state index in [1.807, 2.05) is 12.1 Å². The van der Waals surface area contributed by atoms with Gasteiger partial charge in [-0.15, -0.1) is 0 Å². The molecule has 0 spiro atoms. The number of hydrogen-bond donors (Lipinski definition) is 0. The number of nitrogens with zero attached hydrogens (tertiary/aromatic N) is 2. The summed E-state index contributed by atoms with van der Waals surface area (Å²) in [5.74, 6) is 0. The van der Waals surface area contributed by atoms with Crippen LogP contribution in [0.25, 0.3) is 60.6 Å². The van der Waals surface area contributed by atoms with Gasteiger partial charge in [-0.2, -0.15) is 0 Å². The molecule has 52 heavy (non-hydrogen) atoms. The van der Waals surface area contributed by atoms with E-state index in [0.717, 1.165) is 45.4 Å². The van der Waals surface area contributed by atoms with Crippen LogP contribution in [-0.4, -0.2) is 4.57 Å². The van der Waals surface area contributed by atoms with Crippen molar-refractivity contribution in [2.24, 2.45) is 0 Å². The molecule has 2 heterocycles. The van der Waals surface area contributed by atoms with Gasteiger partial charge in [0.2, 0.25) is 0 Å². The fraction of sp³-hybridized carbons (Fsp3) is 0.0612. The van der Waals surface area contributed by atoms with Gasteiger partial charge in [-0.05, 0) is 89.9 Å². The monoisotopic (exact) mass is 668 g/mol. The molecule has 0 aliphatic heterocycles. The first-order valence-corrected chi connectivity index (χ1v) is 18.0. The Hall–Kier alpha value is -6.58. The van der Waals surface area contributed by atoms with Crippen LogP contribution in [0.3, 0.4) is 0 Å². The molecule has 1 aliphatic rings. The van der Waals surface area contributed by atoms with E-state index in [9.17, 15) is 0 Å². The van der Waals surface area contributed by atoms with E-state index in [0.29, 0.717) is 0 Å². The molecule has 0 radical (unpaired) electrons. The maximum Gasteiger partial charge on any atom is 0.136 e. The number of hydrogen-bond acceptors (Lipinski definition) is 2. The summed E-state index contributed by atoms with van der Waals surface area (Å²) in [6, 6.07) is 60.8. The van der Waals surface area contributed by atoms with E-state index >= 15 is 0 Å². The summed E-state index contributed by atoms with van der Waals surface area (Å²) >= 11 is 0. The van der Waals surface area contributed by atoms with Crippen LogP contribution in [0, 0.1) is 0 Å². The highest BCUT2D eigenvalue weighted by atomic mass is 16.3. The molecule has 2 aromatic heterocycles. The molecule has 0 fully saturated rings. The first-order valence-electron chi connectivity index (χ1n) is 18.0. The van der Waals surface area contributed by atoms with E-state index in [1.54, 1.807) is 0 Å². The summed E-state index contributed by atoms with van der Waals surface area (Å²) in [7, 11) is 0. The molecule has 0 saturated carbocycles. The maximum atomic E-state index is 6.28. The van der Waals surface area contributed by atoms with Gasteiger partial charge in [-0.25, -0.2) is 0 Å². The summed E-state index contributed by atoms with van der Waals surface area (Å²) in [6.45, 7) is 2.32. The second-order valence-electron chi connectivity index (χ2n) is 14.0. The molecule has 3 nitrogen and oxygen atoms in total. The van der Waals surface area contributed by atoms with Crippen LogP contribution in [0.2, 0.25) is 0 Å². The quantitative estimate of drug-likeness (QED) is 0.176. The molecule has 0 N–H and O–H groups in total. The number of allylic oxidation sites excluding steroid dienone is 3. The predicted octanol–water partition coefficient (Wildman–Crippen LogP) is 13.3. The number of rotatable bonds is 6. The zero-order valence-corrected chi connectivity index (χ0v) is 28.9. The molecule has 7 aromatic carbocycles. The standard InChI is InChI=1S/C49H36N2O/c1-49(36-12-4-2-5-13-36)30-28-40(29-31-49)50(37-14-6-3-7-15-37)38-24-20-34(21-25-38)35-22-26-39(27-23-35)51-45-18-10-8-16-41(45)43-33-48-44(32-46(43)51)42-17-9-11-19-47(42)52-48/h2-30,32-33H,31H2,1H3/t49-/m0/s1. The summed E-state index contributed by atoms with van der Waals surface area (Å²) in [6.07, 6.45) is 7.96. The van der Waals surface area contributed by atoms with E-state index in [2.05, 4.69) is 192 Å². The molecular weight excluding hydrogens is 633 g/mol. The Balaban J connectivity index is 0.992. The van der Waals surface area contributed by atoms with Gasteiger partial charge in [0.1, 0.15) is 11.2 Å². The molecule has 0 amide bonds. The normalized spacial score (nSPS) is 15.8. The number of fused-ring (bicyclic) bond motifs is 6. The topological polar surface area (TPSA) is 21.3 Å². The summed E-state index contributed by atoms with van der Waals surface area (Å²) < 4.78 is 8.66. The Morgan fingerprint density at radius 3 is 1.90 bits per heavy atom. The molecule has 3 heteroatoms. The zero-order valence-electron chi connectivity index (χ0n) is 28.9. The number of aromatic nitrogens is 1. The number of para-hydroxylation sites is 3. The van der Waals surface area contributed by atoms with Crippen LogP contribution in [0.15, 0.2) is 198 Å². The highest BCUT2D eigenvalue weighted by Gasteiger charge is 2.27. The first-order chi connectivity index (χ1) is 25.6. The smallest absolute Gasteiger partial charge is 0.136 e. The summed E-state index contributed by atoms with van der Waals surface area (Å²) in [4.78, 5) is 2.36. The fourth-order valence-corrected chi connectivity index (χ4v) is 8.02. The molecule has 1 atom stereocenters. The van der Waals surface area contributed by atoms with Crippen LogP contribution in [0.1, 0.15) is 18.9 Å². The average molecular weight is 669 g/mol. The highest BCUT2D eigenvalue weighted by molar-refractivity contribution is 6.17. The molecule has 0 unspecified atom stereocenters. The van der Waals surface area contributed by atoms with Gasteiger partial charge in [0.25, 0.3) is 0 Å². The molecular formula is C49H36N2O. The van der Waals surface area contributed by atoms with Crippen LogP contribution in [-0.2, 0) is 5.41 Å². The lowest BCUT2D eigenvalue weighted by atomic mass is 9.77. The predicted molar refractivity (Wildman–Crippen MR) is 218 cm³/mol. The summed E-state index contributed by atoms with van der Waals surface area (Å²) in [5.41, 5.74) is 12.5. The molecule has 10 rings (SSSR count). The molecule has 1 aliphatic carbocycles. The van der Waals surface area contributed by atoms with E-state index in [-0.39, 0.29) is 5.41 Å². The van der Waals surface area contributed by atoms with Gasteiger partial charge in [0.15, 0.2) is 0 Å². The van der Waals surface area contributed by atoms with Crippen molar-refractivity contribution in [2.75, 3.05) is 4.90 Å². The van der Waals surface area contributed by atoms with Gasteiger partial charge in [0.05, 0.1) is 11.0 Å². The lowest BCUT2D eigenvalue weighted by Gasteiger charge is -2.33. The molecule has 248 valence electrons. The second kappa shape index (κ2) is 12.0. The third-order valence-corrected chi connectivity index (χ3v) is 10.8. The number of anilines is 2. The zero-order chi connectivity index (χ0) is 34.6. The van der Waals surface area contributed by atoms with Crippen molar-refractivity contribution in [1.82, 2.24) is 4.57 Å². The Labute approximate surface area is 303 Å². The third kappa shape index (κ3) is 4.97. The molecule has 9 aromatic rings. The minimum atomic E-state index is -0.0256. The van der Waals surface area contributed by atoms with Gasteiger partial charge in [-0.1, -0.05) is 128 Å². The second-order valence-corrected chi connectivity index (χ2v) is 14.0. The van der Waals surface area contributed by atoms with Crippen molar-refractivity contribution in [3.63, 3.8) is 0 Å². The lowest BCUT2D eigenvalue weighted by molar-refractivity contribution is 0.595. The van der Waals surface area contributed by atoms with Gasteiger partial charge < -0.3 is 13.9 Å². The van der Waals surface area contributed by atoms with Crippen molar-refractivity contribution in [3.8, 4) is 16.8 Å². The number of benzene rings is 7. The Bertz CT molecular complexity index is 2800. The molecule has 0 saturated heterocycles. The van der Waals surface area contributed by atoms with Crippen LogP contribution >= 0.6 is 0 Å². The van der Waals surface area contributed by atoms with Gasteiger partial charge in [-0.3, -0.25) is 0 Å². The molecule has 0 bridgehead atoms. The minimum absolute atomic E-state index is 0.0256. The van der Waals surface area contributed by atoms with Gasteiger partial charge >= 0.3 is 0 Å². The van der Waals surface area contributed by atoms with Gasteiger partial charge in [0, 0.05) is 49.7 Å². The third-order valence-electron chi connectivity index (χ3n) is 10.8. The van der Waals surface area contributed by atoms with Crippen molar-refractivity contribution >= 4 is 55.1 Å². The van der Waals surface area contributed by atoms with Crippen molar-refractivity contribution in [1.29, 1.82) is 0 Å². The number of furan rings is 1. The lowest BCUT2D eigenvalue weighted by Crippen LogP contribution is -2.24. The first kappa shape index (κ1) is 30.3. The van der Waals surface area contributed by atoms with E-state index in [4.69, 9.17) is 4.42 Å². The van der Waals surface area contributed by atoms with Crippen LogP contribution in [0.4, 0.5) is 11.4 Å². The maximum absolute atomic E-state index is 6.28. The average Bonchev–Trinajstić information content (AvgIpc) is 3.74. The summed E-state index contributed by atoms with van der Waals surface area (Å²) in [5, 5.41) is 4.69. The van der Waals surface area contributed by atoms with E-state index in [1.165, 1.54) is 44.2 Å². The van der Waals surface area contributed by atoms with Crippen LogP contribution in [0.5, 0.6) is 0 Å². The minimum Gasteiger partial charge on any atom is -0.456 e. The van der Waals surface area contributed by atoms with E-state index < -0.39 is 0 Å². The van der Waals surface area contributed by atoms with Crippen LogP contribution < -0.4 is 4.90 Å². The van der Waals surface area contributed by atoms with Crippen molar-refractivity contribution < 1.29 is 4.42 Å². The SMILES string of the molecule is C[C@]1(c2ccccc2)C=CC(N(c2ccccc2)c2ccc(-c3ccc(-n4c5ccccc5c5cc6oc7ccccc7c6cc54)cc3)cc2)=CC1.